The van der Waals surface area contributed by atoms with Gasteiger partial charge in [0.2, 0.25) is 11.8 Å². The van der Waals surface area contributed by atoms with Gasteiger partial charge in [-0.1, -0.05) is 11.6 Å². The lowest BCUT2D eigenvalue weighted by Crippen LogP contribution is -2.32. The molecule has 0 aliphatic carbocycles. The normalized spacial score (nSPS) is 16.5. The Morgan fingerprint density at radius 3 is 2.71 bits per heavy atom. The number of carbonyl (C=O) groups excluding carboxylic acids is 2. The highest BCUT2D eigenvalue weighted by Gasteiger charge is 2.34. The molecular weight excluding hydrogens is 380 g/mol. The van der Waals surface area contributed by atoms with Gasteiger partial charge in [-0.25, -0.2) is 0 Å². The van der Waals surface area contributed by atoms with E-state index in [0.717, 1.165) is 5.56 Å². The second kappa shape index (κ2) is 7.94. The summed E-state index contributed by atoms with van der Waals surface area (Å²) in [5.74, 6) is 1.50. The summed E-state index contributed by atoms with van der Waals surface area (Å²) < 4.78 is 11.1. The van der Waals surface area contributed by atoms with Crippen LogP contribution < -0.4 is 5.32 Å². The summed E-state index contributed by atoms with van der Waals surface area (Å²) >= 11 is 5.90. The molecule has 1 unspecified atom stereocenters. The maximum Gasteiger partial charge on any atom is 0.225 e. The quantitative estimate of drug-likeness (QED) is 0.684. The van der Waals surface area contributed by atoms with Crippen molar-refractivity contribution in [2.24, 2.45) is 5.92 Å². The molecule has 3 heterocycles. The van der Waals surface area contributed by atoms with E-state index in [2.05, 4.69) is 5.32 Å². The highest BCUT2D eigenvalue weighted by atomic mass is 35.5. The maximum absolute atomic E-state index is 12.5. The van der Waals surface area contributed by atoms with E-state index in [0.29, 0.717) is 35.4 Å². The molecule has 1 saturated heterocycles. The van der Waals surface area contributed by atoms with Gasteiger partial charge < -0.3 is 19.1 Å². The number of benzene rings is 1. The Hall–Kier alpha value is -2.99. The van der Waals surface area contributed by atoms with E-state index in [9.17, 15) is 9.59 Å². The van der Waals surface area contributed by atoms with Crippen LogP contribution in [-0.4, -0.2) is 23.3 Å². The third kappa shape index (κ3) is 4.12. The molecule has 0 radical (unpaired) electrons. The van der Waals surface area contributed by atoms with E-state index >= 15 is 0 Å². The molecule has 0 bridgehead atoms. The zero-order valence-corrected chi connectivity index (χ0v) is 15.8. The van der Waals surface area contributed by atoms with Crippen LogP contribution in [0.1, 0.15) is 17.9 Å². The molecule has 7 heteroatoms. The molecule has 0 saturated carbocycles. The molecule has 1 aliphatic rings. The number of nitrogens with zero attached hydrogens (tertiary/aromatic N) is 1. The fourth-order valence-corrected chi connectivity index (χ4v) is 3.38. The average molecular weight is 399 g/mol. The highest BCUT2D eigenvalue weighted by molar-refractivity contribution is 6.30. The number of hydrogen-bond donors (Lipinski definition) is 1. The Kier molecular flexibility index (Phi) is 5.21. The fraction of sp³-hybridized carbons (Fsp3) is 0.238. The van der Waals surface area contributed by atoms with Gasteiger partial charge in [0.05, 0.1) is 25.3 Å². The van der Waals surface area contributed by atoms with Crippen molar-refractivity contribution < 1.29 is 18.4 Å². The second-order valence-electron chi connectivity index (χ2n) is 6.75. The lowest BCUT2D eigenvalue weighted by molar-refractivity contribution is -0.129. The molecule has 2 amide bonds. The molecular formula is C21H19ClN2O4. The van der Waals surface area contributed by atoms with Crippen LogP contribution in [0.5, 0.6) is 0 Å². The number of nitrogens with one attached hydrogen (secondary N) is 1. The zero-order valence-electron chi connectivity index (χ0n) is 15.1. The smallest absolute Gasteiger partial charge is 0.225 e. The highest BCUT2D eigenvalue weighted by Crippen LogP contribution is 2.24. The number of hydrogen-bond acceptors (Lipinski definition) is 4. The molecule has 1 atom stereocenters. The first kappa shape index (κ1) is 18.4. The minimum Gasteiger partial charge on any atom is -0.467 e. The van der Waals surface area contributed by atoms with Crippen LogP contribution in [0.25, 0.3) is 11.3 Å². The molecule has 2 aromatic heterocycles. The first-order chi connectivity index (χ1) is 13.6. The van der Waals surface area contributed by atoms with Crippen LogP contribution in [-0.2, 0) is 22.7 Å². The third-order valence-corrected chi connectivity index (χ3v) is 4.99. The van der Waals surface area contributed by atoms with Gasteiger partial charge in [-0.3, -0.25) is 9.59 Å². The summed E-state index contributed by atoms with van der Waals surface area (Å²) in [4.78, 5) is 26.3. The molecule has 28 heavy (non-hydrogen) atoms. The summed E-state index contributed by atoms with van der Waals surface area (Å²) in [6.45, 7) is 1.05. The van der Waals surface area contributed by atoms with Crippen molar-refractivity contribution >= 4 is 23.4 Å². The first-order valence-electron chi connectivity index (χ1n) is 9.01. The molecule has 1 N–H and O–H groups in total. The summed E-state index contributed by atoms with van der Waals surface area (Å²) in [6, 6.07) is 14.6. The lowest BCUT2D eigenvalue weighted by Gasteiger charge is -2.14. The third-order valence-electron chi connectivity index (χ3n) is 4.74. The average Bonchev–Trinajstić information content (AvgIpc) is 3.43. The Balaban J connectivity index is 1.31. The van der Waals surface area contributed by atoms with E-state index in [4.69, 9.17) is 20.4 Å². The molecule has 1 aromatic carbocycles. The van der Waals surface area contributed by atoms with Crippen molar-refractivity contribution in [1.29, 1.82) is 0 Å². The lowest BCUT2D eigenvalue weighted by atomic mass is 10.1. The van der Waals surface area contributed by atoms with E-state index < -0.39 is 0 Å². The summed E-state index contributed by atoms with van der Waals surface area (Å²) in [7, 11) is 0. The Bertz CT molecular complexity index is 963. The van der Waals surface area contributed by atoms with Gasteiger partial charge in [0.25, 0.3) is 0 Å². The molecule has 1 aliphatic heterocycles. The Morgan fingerprint density at radius 2 is 1.96 bits per heavy atom. The van der Waals surface area contributed by atoms with Gasteiger partial charge in [0, 0.05) is 23.6 Å². The Morgan fingerprint density at radius 1 is 1.14 bits per heavy atom. The molecule has 1 fully saturated rings. The van der Waals surface area contributed by atoms with Crippen molar-refractivity contribution in [1.82, 2.24) is 10.2 Å². The molecule has 6 nitrogen and oxygen atoms in total. The van der Waals surface area contributed by atoms with Gasteiger partial charge in [-0.05, 0) is 48.5 Å². The zero-order chi connectivity index (χ0) is 19.5. The van der Waals surface area contributed by atoms with Gasteiger partial charge in [0.1, 0.15) is 17.3 Å². The van der Waals surface area contributed by atoms with Crippen molar-refractivity contribution in [2.75, 3.05) is 6.54 Å². The van der Waals surface area contributed by atoms with Gasteiger partial charge in [-0.2, -0.15) is 0 Å². The Labute approximate surface area is 167 Å². The number of rotatable bonds is 6. The number of furan rings is 2. The first-order valence-corrected chi connectivity index (χ1v) is 9.39. The summed E-state index contributed by atoms with van der Waals surface area (Å²) in [5, 5.41) is 3.52. The number of amides is 2. The van der Waals surface area contributed by atoms with E-state index in [1.165, 1.54) is 0 Å². The predicted molar refractivity (Wildman–Crippen MR) is 103 cm³/mol. The molecule has 0 spiro atoms. The van der Waals surface area contributed by atoms with Crippen molar-refractivity contribution in [2.45, 2.75) is 19.5 Å². The maximum atomic E-state index is 12.5. The standard InChI is InChI=1S/C21H19ClN2O4/c22-16-5-3-14(4-6-16)19-8-7-17(28-19)11-23-21(26)15-10-20(25)24(12-15)13-18-2-1-9-27-18/h1-9,15H,10-13H2,(H,23,26). The fourth-order valence-electron chi connectivity index (χ4n) is 3.25. The monoisotopic (exact) mass is 398 g/mol. The molecule has 3 aromatic rings. The van der Waals surface area contributed by atoms with Crippen LogP contribution in [0.4, 0.5) is 0 Å². The van der Waals surface area contributed by atoms with E-state index in [-0.39, 0.29) is 30.7 Å². The van der Waals surface area contributed by atoms with Crippen molar-refractivity contribution in [3.05, 3.63) is 71.3 Å². The van der Waals surface area contributed by atoms with Gasteiger partial charge >= 0.3 is 0 Å². The van der Waals surface area contributed by atoms with Crippen LogP contribution in [0.2, 0.25) is 5.02 Å². The topological polar surface area (TPSA) is 75.7 Å². The van der Waals surface area contributed by atoms with Crippen LogP contribution in [0.3, 0.4) is 0 Å². The van der Waals surface area contributed by atoms with Crippen LogP contribution in [0, 0.1) is 5.92 Å². The SMILES string of the molecule is O=C(NCc1ccc(-c2ccc(Cl)cc2)o1)C1CC(=O)N(Cc2ccco2)C1. The summed E-state index contributed by atoms with van der Waals surface area (Å²) in [5.41, 5.74) is 0.914. The number of likely N-dealkylation sites (tertiary alicyclic amines) is 1. The van der Waals surface area contributed by atoms with Crippen molar-refractivity contribution in [3.8, 4) is 11.3 Å². The molecule has 144 valence electrons. The minimum atomic E-state index is -0.367. The van der Waals surface area contributed by atoms with Crippen LogP contribution in [0.15, 0.2) is 63.6 Å². The van der Waals surface area contributed by atoms with E-state index in [1.807, 2.05) is 30.3 Å². The second-order valence-corrected chi connectivity index (χ2v) is 7.18. The van der Waals surface area contributed by atoms with Crippen LogP contribution >= 0.6 is 11.6 Å². The van der Waals surface area contributed by atoms with Gasteiger partial charge in [-0.15, -0.1) is 0 Å². The van der Waals surface area contributed by atoms with Crippen molar-refractivity contribution in [3.63, 3.8) is 0 Å². The molecule has 4 rings (SSSR count). The number of carbonyl (C=O) groups is 2. The number of halogens is 1. The van der Waals surface area contributed by atoms with E-state index in [1.54, 1.807) is 29.4 Å². The minimum absolute atomic E-state index is 0.0421. The summed E-state index contributed by atoms with van der Waals surface area (Å²) in [6.07, 6.45) is 1.78. The predicted octanol–water partition coefficient (Wildman–Crippen LogP) is 3.86. The largest absolute Gasteiger partial charge is 0.467 e. The van der Waals surface area contributed by atoms with Gasteiger partial charge in [0.15, 0.2) is 0 Å².